The zero-order valence-corrected chi connectivity index (χ0v) is 12.9. The third-order valence-electron chi connectivity index (χ3n) is 3.68. The van der Waals surface area contributed by atoms with E-state index in [1.54, 1.807) is 26.2 Å². The fraction of sp³-hybridized carbons (Fsp3) is 0.235. The van der Waals surface area contributed by atoms with E-state index in [1.807, 2.05) is 6.07 Å². The molecule has 0 saturated heterocycles. The van der Waals surface area contributed by atoms with Crippen molar-refractivity contribution in [1.29, 1.82) is 0 Å². The van der Waals surface area contributed by atoms with Gasteiger partial charge in [-0.25, -0.2) is 4.39 Å². The summed E-state index contributed by atoms with van der Waals surface area (Å²) in [6, 6.07) is 9.30. The first-order chi connectivity index (χ1) is 11.1. The van der Waals surface area contributed by atoms with Crippen LogP contribution in [0, 0.1) is 11.7 Å². The second kappa shape index (κ2) is 6.16. The summed E-state index contributed by atoms with van der Waals surface area (Å²) in [4.78, 5) is 17.0. The number of hydrazone groups is 1. The predicted octanol–water partition coefficient (Wildman–Crippen LogP) is 3.42. The van der Waals surface area contributed by atoms with E-state index < -0.39 is 5.92 Å². The lowest BCUT2D eigenvalue weighted by Crippen LogP contribution is -2.31. The number of benzene rings is 1. The molecule has 0 aliphatic carbocycles. The highest BCUT2D eigenvalue weighted by Crippen LogP contribution is 2.25. The molecular weight excluding hydrogens is 297 g/mol. The Labute approximate surface area is 133 Å². The van der Waals surface area contributed by atoms with Gasteiger partial charge in [-0.3, -0.25) is 9.79 Å². The number of halogens is 1. The number of aliphatic imine (C=N–C) groups is 1. The lowest BCUT2D eigenvalue weighted by Gasteiger charge is -2.14. The van der Waals surface area contributed by atoms with Crippen LogP contribution in [0.3, 0.4) is 0 Å². The van der Waals surface area contributed by atoms with Crippen LogP contribution >= 0.6 is 0 Å². The topological polar surface area (TPSA) is 58.2 Å². The van der Waals surface area contributed by atoms with Gasteiger partial charge in [0.05, 0.1) is 24.2 Å². The van der Waals surface area contributed by atoms with Gasteiger partial charge in [-0.15, -0.1) is 0 Å². The van der Waals surface area contributed by atoms with E-state index in [-0.39, 0.29) is 11.7 Å². The van der Waals surface area contributed by atoms with Crippen molar-refractivity contribution >= 4 is 23.0 Å². The molecule has 1 aromatic carbocycles. The Hall–Kier alpha value is -2.76. The molecule has 0 spiro atoms. The molecule has 1 aromatic heterocycles. The first kappa shape index (κ1) is 15.1. The summed E-state index contributed by atoms with van der Waals surface area (Å²) in [7, 11) is 0. The van der Waals surface area contributed by atoms with Gasteiger partial charge >= 0.3 is 0 Å². The van der Waals surface area contributed by atoms with Crippen LogP contribution in [-0.4, -0.2) is 17.3 Å². The zero-order valence-electron chi connectivity index (χ0n) is 12.9. The Bertz CT molecular complexity index is 764. The summed E-state index contributed by atoms with van der Waals surface area (Å²) in [5, 5.41) is 5.59. The Morgan fingerprint density at radius 1 is 1.35 bits per heavy atom. The average Bonchev–Trinajstić information content (AvgIpc) is 3.14. The Balaban J connectivity index is 1.79. The van der Waals surface area contributed by atoms with Crippen LogP contribution in [-0.2, 0) is 11.3 Å². The lowest BCUT2D eigenvalue weighted by molar-refractivity contribution is -0.118. The molecule has 0 fully saturated rings. The minimum Gasteiger partial charge on any atom is -0.467 e. The standard InChI is InChI=1S/C17H16FN3O2/c1-11(19-10-15-4-3-9-23-15)16-12(2)20-21(17(16)22)14-7-5-13(18)6-8-14/h3-9,16H,10H2,1-2H3/t16-/m1/s1. The fourth-order valence-electron chi connectivity index (χ4n) is 2.51. The summed E-state index contributed by atoms with van der Waals surface area (Å²) < 4.78 is 18.3. The minimum atomic E-state index is -0.491. The van der Waals surface area contributed by atoms with Crippen LogP contribution < -0.4 is 5.01 Å². The lowest BCUT2D eigenvalue weighted by atomic mass is 9.99. The van der Waals surface area contributed by atoms with Gasteiger partial charge in [0.2, 0.25) is 0 Å². The molecule has 1 atom stereocenters. The SMILES string of the molecule is CC(=NCc1ccco1)[C@H]1C(=O)N(c2ccc(F)cc2)N=C1C. The molecule has 1 aliphatic heterocycles. The van der Waals surface area contributed by atoms with E-state index in [0.29, 0.717) is 23.7 Å². The summed E-state index contributed by atoms with van der Waals surface area (Å²) in [5.41, 5.74) is 1.88. The largest absolute Gasteiger partial charge is 0.467 e. The van der Waals surface area contributed by atoms with Crippen LogP contribution in [0.5, 0.6) is 0 Å². The van der Waals surface area contributed by atoms with Gasteiger partial charge in [0.1, 0.15) is 17.5 Å². The van der Waals surface area contributed by atoms with E-state index in [4.69, 9.17) is 4.42 Å². The summed E-state index contributed by atoms with van der Waals surface area (Å²) in [6.45, 7) is 3.98. The van der Waals surface area contributed by atoms with Crippen LogP contribution in [0.1, 0.15) is 19.6 Å². The number of rotatable bonds is 4. The zero-order chi connectivity index (χ0) is 16.4. The van der Waals surface area contributed by atoms with E-state index in [9.17, 15) is 9.18 Å². The fourth-order valence-corrected chi connectivity index (χ4v) is 2.51. The van der Waals surface area contributed by atoms with Gasteiger partial charge in [-0.1, -0.05) is 0 Å². The quantitative estimate of drug-likeness (QED) is 0.812. The summed E-state index contributed by atoms with van der Waals surface area (Å²) in [5.74, 6) is -0.293. The molecule has 5 nitrogen and oxygen atoms in total. The van der Waals surface area contributed by atoms with Crippen molar-refractivity contribution < 1.29 is 13.6 Å². The number of carbonyl (C=O) groups is 1. The second-order valence-corrected chi connectivity index (χ2v) is 5.34. The summed E-state index contributed by atoms with van der Waals surface area (Å²) >= 11 is 0. The van der Waals surface area contributed by atoms with E-state index >= 15 is 0 Å². The number of nitrogens with zero attached hydrogens (tertiary/aromatic N) is 3. The third-order valence-corrected chi connectivity index (χ3v) is 3.68. The molecule has 6 heteroatoms. The van der Waals surface area contributed by atoms with Crippen molar-refractivity contribution in [2.45, 2.75) is 20.4 Å². The summed E-state index contributed by atoms with van der Waals surface area (Å²) in [6.07, 6.45) is 1.59. The van der Waals surface area contributed by atoms with Crippen molar-refractivity contribution in [2.75, 3.05) is 5.01 Å². The minimum absolute atomic E-state index is 0.185. The van der Waals surface area contributed by atoms with E-state index in [0.717, 1.165) is 5.76 Å². The van der Waals surface area contributed by atoms with Crippen molar-refractivity contribution in [3.8, 4) is 0 Å². The number of furan rings is 1. The number of hydrogen-bond acceptors (Lipinski definition) is 4. The first-order valence-corrected chi connectivity index (χ1v) is 7.24. The molecule has 1 aliphatic rings. The maximum absolute atomic E-state index is 13.0. The molecule has 118 valence electrons. The Morgan fingerprint density at radius 2 is 2.09 bits per heavy atom. The molecule has 0 N–H and O–H groups in total. The van der Waals surface area contributed by atoms with Crippen LogP contribution in [0.15, 0.2) is 57.2 Å². The number of hydrogen-bond donors (Lipinski definition) is 0. The van der Waals surface area contributed by atoms with Crippen molar-refractivity contribution in [1.82, 2.24) is 0 Å². The van der Waals surface area contributed by atoms with E-state index in [2.05, 4.69) is 10.1 Å². The van der Waals surface area contributed by atoms with Gasteiger partial charge in [-0.2, -0.15) is 10.1 Å². The highest BCUT2D eigenvalue weighted by atomic mass is 19.1. The molecule has 0 bridgehead atoms. The molecule has 0 radical (unpaired) electrons. The van der Waals surface area contributed by atoms with Crippen LogP contribution in [0.25, 0.3) is 0 Å². The molecule has 1 amide bonds. The molecule has 2 heterocycles. The maximum Gasteiger partial charge on any atom is 0.261 e. The van der Waals surface area contributed by atoms with Gasteiger partial charge in [-0.05, 0) is 50.2 Å². The molecule has 0 saturated carbocycles. The normalized spacial score (nSPS) is 18.5. The molecule has 3 rings (SSSR count). The molecule has 23 heavy (non-hydrogen) atoms. The highest BCUT2D eigenvalue weighted by Gasteiger charge is 2.36. The van der Waals surface area contributed by atoms with Gasteiger partial charge < -0.3 is 4.42 Å². The average molecular weight is 313 g/mol. The third kappa shape index (κ3) is 3.06. The van der Waals surface area contributed by atoms with Crippen LogP contribution in [0.4, 0.5) is 10.1 Å². The second-order valence-electron chi connectivity index (χ2n) is 5.34. The Morgan fingerprint density at radius 3 is 2.74 bits per heavy atom. The van der Waals surface area contributed by atoms with Gasteiger partial charge in [0.25, 0.3) is 5.91 Å². The van der Waals surface area contributed by atoms with Crippen molar-refractivity contribution in [2.24, 2.45) is 16.0 Å². The smallest absolute Gasteiger partial charge is 0.261 e. The molecule has 2 aromatic rings. The highest BCUT2D eigenvalue weighted by molar-refractivity contribution is 6.27. The Kier molecular flexibility index (Phi) is 4.06. The van der Waals surface area contributed by atoms with E-state index in [1.165, 1.54) is 29.3 Å². The number of amides is 1. The first-order valence-electron chi connectivity index (χ1n) is 7.24. The molecule has 0 unspecified atom stereocenters. The van der Waals surface area contributed by atoms with Crippen molar-refractivity contribution in [3.05, 3.63) is 54.2 Å². The van der Waals surface area contributed by atoms with Gasteiger partial charge in [0, 0.05) is 5.71 Å². The van der Waals surface area contributed by atoms with Crippen molar-refractivity contribution in [3.63, 3.8) is 0 Å². The van der Waals surface area contributed by atoms with Gasteiger partial charge in [0.15, 0.2) is 0 Å². The monoisotopic (exact) mass is 313 g/mol. The number of carbonyl (C=O) groups excluding carboxylic acids is 1. The predicted molar refractivity (Wildman–Crippen MR) is 86.0 cm³/mol. The molecular formula is C17H16FN3O2. The van der Waals surface area contributed by atoms with Crippen LogP contribution in [0.2, 0.25) is 0 Å². The number of anilines is 1. The maximum atomic E-state index is 13.0.